The number of nitrogens with zero attached hydrogens (tertiary/aromatic N) is 2. The Kier molecular flexibility index (Phi) is 2.63. The van der Waals surface area contributed by atoms with Crippen molar-refractivity contribution in [2.24, 2.45) is 0 Å². The summed E-state index contributed by atoms with van der Waals surface area (Å²) in [5.41, 5.74) is 2.88. The normalized spacial score (nSPS) is 10.8. The van der Waals surface area contributed by atoms with Crippen LogP contribution in [-0.2, 0) is 0 Å². The number of carbonyl (C=O) groups excluding carboxylic acids is 1. The van der Waals surface area contributed by atoms with Gasteiger partial charge in [0.25, 0.3) is 0 Å². The second-order valence-corrected chi connectivity index (χ2v) is 4.39. The van der Waals surface area contributed by atoms with Gasteiger partial charge in [-0.05, 0) is 19.9 Å². The van der Waals surface area contributed by atoms with Crippen LogP contribution in [0.5, 0.6) is 0 Å². The van der Waals surface area contributed by atoms with E-state index in [1.54, 1.807) is 12.5 Å². The molecule has 19 heavy (non-hydrogen) atoms. The van der Waals surface area contributed by atoms with Gasteiger partial charge in [-0.25, -0.2) is 9.97 Å². The van der Waals surface area contributed by atoms with Crippen LogP contribution in [0.4, 0.5) is 0 Å². The molecule has 3 aromatic rings. The van der Waals surface area contributed by atoms with Crippen LogP contribution in [0, 0.1) is 6.92 Å². The monoisotopic (exact) mass is 252 g/mol. The molecule has 3 rings (SSSR count). The van der Waals surface area contributed by atoms with E-state index in [1.165, 1.54) is 6.92 Å². The maximum Gasteiger partial charge on any atom is 0.163 e. The van der Waals surface area contributed by atoms with E-state index in [0.717, 1.165) is 16.5 Å². The molecule has 0 bridgehead atoms. The first-order valence-corrected chi connectivity index (χ1v) is 5.98. The Balaban J connectivity index is 2.17. The van der Waals surface area contributed by atoms with Crippen LogP contribution in [0.1, 0.15) is 23.0 Å². The summed E-state index contributed by atoms with van der Waals surface area (Å²) in [6.45, 7) is 3.32. The van der Waals surface area contributed by atoms with Crippen molar-refractivity contribution in [2.45, 2.75) is 13.8 Å². The highest BCUT2D eigenvalue weighted by Crippen LogP contribution is 2.28. The molecule has 2 aromatic heterocycles. The zero-order valence-corrected chi connectivity index (χ0v) is 10.7. The van der Waals surface area contributed by atoms with E-state index in [1.807, 2.05) is 31.2 Å². The van der Waals surface area contributed by atoms with Crippen molar-refractivity contribution in [2.75, 3.05) is 0 Å². The van der Waals surface area contributed by atoms with E-state index in [9.17, 15) is 4.79 Å². The molecule has 94 valence electrons. The molecule has 1 aromatic carbocycles. The van der Waals surface area contributed by atoms with Gasteiger partial charge in [-0.1, -0.05) is 18.2 Å². The number of hydrogen-bond donors (Lipinski definition) is 0. The number of ketones is 1. The Labute approximate surface area is 110 Å². The molecule has 2 heterocycles. The van der Waals surface area contributed by atoms with Gasteiger partial charge in [0.15, 0.2) is 11.6 Å². The third kappa shape index (κ3) is 1.91. The SMILES string of the molecule is CC(=O)c1cnc(-c2coc3ccccc23)nc1C. The van der Waals surface area contributed by atoms with E-state index in [2.05, 4.69) is 9.97 Å². The number of rotatable bonds is 2. The average Bonchev–Trinajstić information content (AvgIpc) is 2.82. The van der Waals surface area contributed by atoms with Gasteiger partial charge in [-0.3, -0.25) is 4.79 Å². The molecular weight excluding hydrogens is 240 g/mol. The van der Waals surface area contributed by atoms with Gasteiger partial charge in [0.1, 0.15) is 11.8 Å². The number of Topliss-reactive ketones (excluding diaryl/α,β-unsaturated/α-hetero) is 1. The van der Waals surface area contributed by atoms with Crippen molar-refractivity contribution < 1.29 is 9.21 Å². The third-order valence-corrected chi connectivity index (χ3v) is 3.08. The third-order valence-electron chi connectivity index (χ3n) is 3.08. The van der Waals surface area contributed by atoms with Crippen LogP contribution in [0.2, 0.25) is 0 Å². The largest absolute Gasteiger partial charge is 0.464 e. The van der Waals surface area contributed by atoms with Gasteiger partial charge in [0.2, 0.25) is 0 Å². The second-order valence-electron chi connectivity index (χ2n) is 4.39. The zero-order valence-electron chi connectivity index (χ0n) is 10.7. The standard InChI is InChI=1S/C15H12N2O2/c1-9-12(10(2)18)7-16-15(17-9)13-8-19-14-6-4-3-5-11(13)14/h3-8H,1-2H3. The molecule has 4 heteroatoms. The number of benzene rings is 1. The van der Waals surface area contributed by atoms with Crippen molar-refractivity contribution in [3.8, 4) is 11.4 Å². The van der Waals surface area contributed by atoms with E-state index in [4.69, 9.17) is 4.42 Å². The van der Waals surface area contributed by atoms with E-state index in [0.29, 0.717) is 17.1 Å². The molecule has 0 atom stereocenters. The first-order chi connectivity index (χ1) is 9.16. The Morgan fingerprint density at radius 1 is 1.26 bits per heavy atom. The average molecular weight is 252 g/mol. The summed E-state index contributed by atoms with van der Waals surface area (Å²) < 4.78 is 5.47. The fourth-order valence-corrected chi connectivity index (χ4v) is 2.09. The molecular formula is C15H12N2O2. The summed E-state index contributed by atoms with van der Waals surface area (Å²) in [7, 11) is 0. The predicted octanol–water partition coefficient (Wildman–Crippen LogP) is 3.40. The first kappa shape index (κ1) is 11.6. The summed E-state index contributed by atoms with van der Waals surface area (Å²) >= 11 is 0. The molecule has 0 radical (unpaired) electrons. The number of furan rings is 1. The lowest BCUT2D eigenvalue weighted by atomic mass is 10.1. The topological polar surface area (TPSA) is 56.0 Å². The van der Waals surface area contributed by atoms with Gasteiger partial charge < -0.3 is 4.42 Å². The van der Waals surface area contributed by atoms with Gasteiger partial charge in [0, 0.05) is 11.6 Å². The van der Waals surface area contributed by atoms with Gasteiger partial charge in [-0.2, -0.15) is 0 Å². The molecule has 4 nitrogen and oxygen atoms in total. The summed E-state index contributed by atoms with van der Waals surface area (Å²) in [6.07, 6.45) is 3.22. The van der Waals surface area contributed by atoms with Crippen molar-refractivity contribution in [1.29, 1.82) is 0 Å². The Morgan fingerprint density at radius 3 is 2.79 bits per heavy atom. The van der Waals surface area contributed by atoms with Gasteiger partial charge >= 0.3 is 0 Å². The Hall–Kier alpha value is -2.49. The van der Waals surface area contributed by atoms with Gasteiger partial charge in [0.05, 0.1) is 16.8 Å². The van der Waals surface area contributed by atoms with Crippen LogP contribution in [0.25, 0.3) is 22.4 Å². The second kappa shape index (κ2) is 4.31. The van der Waals surface area contributed by atoms with Crippen molar-refractivity contribution in [1.82, 2.24) is 9.97 Å². The number of carbonyl (C=O) groups is 1. The highest BCUT2D eigenvalue weighted by atomic mass is 16.3. The van der Waals surface area contributed by atoms with Crippen LogP contribution in [0.15, 0.2) is 41.1 Å². The maximum atomic E-state index is 11.4. The predicted molar refractivity (Wildman–Crippen MR) is 72.0 cm³/mol. The van der Waals surface area contributed by atoms with E-state index in [-0.39, 0.29) is 5.78 Å². The van der Waals surface area contributed by atoms with Crippen LogP contribution in [0.3, 0.4) is 0 Å². The van der Waals surface area contributed by atoms with Crippen LogP contribution in [-0.4, -0.2) is 15.8 Å². The molecule has 0 N–H and O–H groups in total. The summed E-state index contributed by atoms with van der Waals surface area (Å²) in [6, 6.07) is 7.72. The lowest BCUT2D eigenvalue weighted by Gasteiger charge is -2.03. The number of aryl methyl sites for hydroxylation is 1. The minimum Gasteiger partial charge on any atom is -0.464 e. The van der Waals surface area contributed by atoms with Crippen LogP contribution < -0.4 is 0 Å². The van der Waals surface area contributed by atoms with Crippen molar-refractivity contribution >= 4 is 16.8 Å². The summed E-state index contributed by atoms with van der Waals surface area (Å²) in [5.74, 6) is 0.550. The number of para-hydroxylation sites is 1. The molecule has 0 aliphatic carbocycles. The lowest BCUT2D eigenvalue weighted by molar-refractivity contribution is 0.101. The Morgan fingerprint density at radius 2 is 2.05 bits per heavy atom. The van der Waals surface area contributed by atoms with Gasteiger partial charge in [-0.15, -0.1) is 0 Å². The first-order valence-electron chi connectivity index (χ1n) is 5.98. The molecule has 0 spiro atoms. The smallest absolute Gasteiger partial charge is 0.163 e. The molecule has 0 saturated heterocycles. The van der Waals surface area contributed by atoms with Crippen molar-refractivity contribution in [3.63, 3.8) is 0 Å². The fraction of sp³-hybridized carbons (Fsp3) is 0.133. The molecule has 0 saturated carbocycles. The minimum absolute atomic E-state index is 0.0268. The van der Waals surface area contributed by atoms with E-state index >= 15 is 0 Å². The number of fused-ring (bicyclic) bond motifs is 1. The molecule has 0 aliphatic heterocycles. The molecule has 0 unspecified atom stereocenters. The number of hydrogen-bond acceptors (Lipinski definition) is 4. The zero-order chi connectivity index (χ0) is 13.4. The maximum absolute atomic E-state index is 11.4. The van der Waals surface area contributed by atoms with Crippen molar-refractivity contribution in [3.05, 3.63) is 48.0 Å². The lowest BCUT2D eigenvalue weighted by Crippen LogP contribution is -2.01. The van der Waals surface area contributed by atoms with Crippen LogP contribution >= 0.6 is 0 Å². The molecule has 0 amide bonds. The number of aromatic nitrogens is 2. The highest BCUT2D eigenvalue weighted by molar-refractivity contribution is 5.95. The fourth-order valence-electron chi connectivity index (χ4n) is 2.09. The summed E-state index contributed by atoms with van der Waals surface area (Å²) in [5, 5.41) is 0.970. The highest BCUT2D eigenvalue weighted by Gasteiger charge is 2.13. The quantitative estimate of drug-likeness (QED) is 0.656. The minimum atomic E-state index is -0.0268. The van der Waals surface area contributed by atoms with E-state index < -0.39 is 0 Å². The summed E-state index contributed by atoms with van der Waals surface area (Å²) in [4.78, 5) is 20.0. The molecule has 0 fully saturated rings. The molecule has 0 aliphatic rings. The Bertz CT molecular complexity index is 775.